The second-order valence-corrected chi connectivity index (χ2v) is 7.46. The average molecular weight is 407 g/mol. The molecular formula is C20H23ClN2O3S. The van der Waals surface area contributed by atoms with E-state index in [4.69, 9.17) is 16.3 Å². The van der Waals surface area contributed by atoms with Crippen molar-refractivity contribution in [2.75, 3.05) is 25.6 Å². The minimum absolute atomic E-state index is 0.144. The second-order valence-electron chi connectivity index (χ2n) is 5.75. The van der Waals surface area contributed by atoms with Gasteiger partial charge in [0, 0.05) is 23.6 Å². The van der Waals surface area contributed by atoms with Gasteiger partial charge in [-0.3, -0.25) is 9.59 Å². The van der Waals surface area contributed by atoms with Crippen LogP contribution in [0.1, 0.15) is 23.7 Å². The molecule has 7 heteroatoms. The molecule has 0 aliphatic rings. The Balaban J connectivity index is 2.07. The lowest BCUT2D eigenvalue weighted by atomic mass is 10.1. The van der Waals surface area contributed by atoms with Crippen molar-refractivity contribution in [2.45, 2.75) is 23.5 Å². The van der Waals surface area contributed by atoms with Crippen LogP contribution in [0.25, 0.3) is 0 Å². The summed E-state index contributed by atoms with van der Waals surface area (Å²) in [4.78, 5) is 26.1. The number of carbonyl (C=O) groups excluding carboxylic acids is 2. The first-order valence-corrected chi connectivity index (χ1v) is 9.90. The molecule has 1 atom stereocenters. The summed E-state index contributed by atoms with van der Waals surface area (Å²) in [5.41, 5.74) is 0.917. The molecule has 0 aliphatic carbocycles. The molecule has 0 aromatic heterocycles. The summed E-state index contributed by atoms with van der Waals surface area (Å²) in [6.45, 7) is 2.79. The van der Waals surface area contributed by atoms with E-state index in [1.54, 1.807) is 43.5 Å². The third-order valence-corrected chi connectivity index (χ3v) is 5.40. The van der Waals surface area contributed by atoms with Crippen LogP contribution in [0.5, 0.6) is 0 Å². The molecule has 2 rings (SSSR count). The van der Waals surface area contributed by atoms with E-state index in [-0.39, 0.29) is 17.1 Å². The van der Waals surface area contributed by atoms with E-state index in [2.05, 4.69) is 10.6 Å². The molecule has 0 saturated carbocycles. The predicted molar refractivity (Wildman–Crippen MR) is 111 cm³/mol. The van der Waals surface area contributed by atoms with Gasteiger partial charge in [0.1, 0.15) is 0 Å². The third kappa shape index (κ3) is 6.57. The maximum absolute atomic E-state index is 12.7. The minimum Gasteiger partial charge on any atom is -0.383 e. The molecule has 27 heavy (non-hydrogen) atoms. The summed E-state index contributed by atoms with van der Waals surface area (Å²) in [5, 5.41) is 6.03. The van der Waals surface area contributed by atoms with Gasteiger partial charge in [0.05, 0.1) is 23.1 Å². The molecule has 2 amide bonds. The van der Waals surface area contributed by atoms with Crippen LogP contribution < -0.4 is 10.6 Å². The van der Waals surface area contributed by atoms with Gasteiger partial charge in [0.25, 0.3) is 5.91 Å². The van der Waals surface area contributed by atoms with E-state index in [0.29, 0.717) is 35.8 Å². The normalized spacial score (nSPS) is 11.7. The van der Waals surface area contributed by atoms with Crippen LogP contribution in [-0.2, 0) is 9.53 Å². The van der Waals surface area contributed by atoms with Crippen molar-refractivity contribution in [1.82, 2.24) is 5.32 Å². The molecule has 1 unspecified atom stereocenters. The van der Waals surface area contributed by atoms with Gasteiger partial charge in [0.2, 0.25) is 5.91 Å². The largest absolute Gasteiger partial charge is 0.383 e. The van der Waals surface area contributed by atoms with E-state index in [1.165, 1.54) is 11.8 Å². The van der Waals surface area contributed by atoms with Crippen molar-refractivity contribution in [3.63, 3.8) is 0 Å². The van der Waals surface area contributed by atoms with Crippen molar-refractivity contribution >= 4 is 40.9 Å². The molecule has 5 nitrogen and oxygen atoms in total. The number of hydrogen-bond donors (Lipinski definition) is 2. The van der Waals surface area contributed by atoms with Crippen molar-refractivity contribution in [3.05, 3.63) is 59.1 Å². The molecule has 0 fully saturated rings. The Hall–Kier alpha value is -2.02. The maximum atomic E-state index is 12.7. The number of methoxy groups -OCH3 is 1. The predicted octanol–water partition coefficient (Wildman–Crippen LogP) is 4.23. The Bertz CT molecular complexity index is 768. The molecule has 144 valence electrons. The van der Waals surface area contributed by atoms with Crippen LogP contribution in [0.15, 0.2) is 53.4 Å². The number of hydrogen-bond acceptors (Lipinski definition) is 4. The number of nitrogens with one attached hydrogen (secondary N) is 2. The lowest BCUT2D eigenvalue weighted by molar-refractivity contribution is -0.115. The molecule has 0 radical (unpaired) electrons. The molecule has 0 saturated heterocycles. The van der Waals surface area contributed by atoms with Crippen LogP contribution in [0.3, 0.4) is 0 Å². The van der Waals surface area contributed by atoms with Gasteiger partial charge < -0.3 is 15.4 Å². The molecule has 0 spiro atoms. The number of benzene rings is 2. The maximum Gasteiger partial charge on any atom is 0.253 e. The monoisotopic (exact) mass is 406 g/mol. The summed E-state index contributed by atoms with van der Waals surface area (Å²) >= 11 is 7.38. The van der Waals surface area contributed by atoms with Gasteiger partial charge in [-0.25, -0.2) is 0 Å². The summed E-state index contributed by atoms with van der Waals surface area (Å²) in [6, 6.07) is 14.3. The highest BCUT2D eigenvalue weighted by Gasteiger charge is 2.20. The molecule has 2 aromatic rings. The van der Waals surface area contributed by atoms with Gasteiger partial charge in [-0.2, -0.15) is 0 Å². The quantitative estimate of drug-likeness (QED) is 0.483. The van der Waals surface area contributed by atoms with E-state index in [9.17, 15) is 9.59 Å². The Morgan fingerprint density at radius 1 is 1.15 bits per heavy atom. The molecule has 2 aromatic carbocycles. The number of thioether (sulfide) groups is 1. The summed E-state index contributed by atoms with van der Waals surface area (Å²) in [6.07, 6.45) is 0.654. The highest BCUT2D eigenvalue weighted by Crippen LogP contribution is 2.28. The number of para-hydroxylation sites is 1. The SMILES string of the molecule is CCC(Sc1ccc(Cl)cc1)C(=O)Nc1ccccc1C(=O)NCCOC. The van der Waals surface area contributed by atoms with E-state index in [0.717, 1.165) is 4.90 Å². The number of rotatable bonds is 9. The first kappa shape index (κ1) is 21.3. The first-order valence-electron chi connectivity index (χ1n) is 8.64. The van der Waals surface area contributed by atoms with Gasteiger partial charge >= 0.3 is 0 Å². The van der Waals surface area contributed by atoms with Crippen molar-refractivity contribution < 1.29 is 14.3 Å². The fourth-order valence-corrected chi connectivity index (χ4v) is 3.45. The number of carbonyl (C=O) groups is 2. The lowest BCUT2D eigenvalue weighted by Gasteiger charge is -2.16. The zero-order valence-corrected chi connectivity index (χ0v) is 16.9. The van der Waals surface area contributed by atoms with Crippen LogP contribution in [0, 0.1) is 0 Å². The highest BCUT2D eigenvalue weighted by molar-refractivity contribution is 8.00. The highest BCUT2D eigenvalue weighted by atomic mass is 35.5. The summed E-state index contributed by atoms with van der Waals surface area (Å²) in [7, 11) is 1.57. The Morgan fingerprint density at radius 2 is 1.85 bits per heavy atom. The number of halogens is 1. The van der Waals surface area contributed by atoms with Crippen molar-refractivity contribution in [2.24, 2.45) is 0 Å². The van der Waals surface area contributed by atoms with Gasteiger partial charge in [-0.15, -0.1) is 11.8 Å². The first-order chi connectivity index (χ1) is 13.0. The topological polar surface area (TPSA) is 67.4 Å². The smallest absolute Gasteiger partial charge is 0.253 e. The molecule has 0 heterocycles. The van der Waals surface area contributed by atoms with E-state index >= 15 is 0 Å². The Labute approximate surface area is 168 Å². The summed E-state index contributed by atoms with van der Waals surface area (Å²) < 4.78 is 4.94. The van der Waals surface area contributed by atoms with Crippen LogP contribution in [-0.4, -0.2) is 37.3 Å². The van der Waals surface area contributed by atoms with Gasteiger partial charge in [-0.1, -0.05) is 30.7 Å². The Kier molecular flexibility index (Phi) is 8.64. The average Bonchev–Trinajstić information content (AvgIpc) is 2.68. The zero-order valence-electron chi connectivity index (χ0n) is 15.3. The van der Waals surface area contributed by atoms with Crippen LogP contribution in [0.4, 0.5) is 5.69 Å². The van der Waals surface area contributed by atoms with Crippen molar-refractivity contribution in [3.8, 4) is 0 Å². The van der Waals surface area contributed by atoms with Crippen LogP contribution >= 0.6 is 23.4 Å². The molecule has 0 bridgehead atoms. The molecule has 2 N–H and O–H groups in total. The second kappa shape index (κ2) is 11.0. The lowest BCUT2D eigenvalue weighted by Crippen LogP contribution is -2.29. The molecular weight excluding hydrogens is 384 g/mol. The molecule has 0 aliphatic heterocycles. The fraction of sp³-hybridized carbons (Fsp3) is 0.300. The number of amides is 2. The van der Waals surface area contributed by atoms with Gasteiger partial charge in [-0.05, 0) is 42.8 Å². The summed E-state index contributed by atoms with van der Waals surface area (Å²) in [5.74, 6) is -0.393. The Morgan fingerprint density at radius 3 is 2.52 bits per heavy atom. The minimum atomic E-state index is -0.282. The third-order valence-electron chi connectivity index (χ3n) is 3.78. The van der Waals surface area contributed by atoms with Crippen LogP contribution in [0.2, 0.25) is 5.02 Å². The fourth-order valence-electron chi connectivity index (χ4n) is 2.36. The van der Waals surface area contributed by atoms with E-state index < -0.39 is 0 Å². The standard InChI is InChI=1S/C20H23ClN2O3S/c1-3-18(27-15-10-8-14(21)9-11-15)20(25)23-17-7-5-4-6-16(17)19(24)22-12-13-26-2/h4-11,18H,3,12-13H2,1-2H3,(H,22,24)(H,23,25). The number of anilines is 1. The van der Waals surface area contributed by atoms with Crippen molar-refractivity contribution in [1.29, 1.82) is 0 Å². The zero-order chi connectivity index (χ0) is 19.6. The van der Waals surface area contributed by atoms with E-state index in [1.807, 2.05) is 19.1 Å². The number of ether oxygens (including phenoxy) is 1. The van der Waals surface area contributed by atoms with Gasteiger partial charge in [0.15, 0.2) is 0 Å².